The number of hydrogen-bond donors (Lipinski definition) is 1. The zero-order valence-electron chi connectivity index (χ0n) is 18.3. The summed E-state index contributed by atoms with van der Waals surface area (Å²) in [5.74, 6) is -1.74. The number of Topliss-reactive ketones (excluding diaryl/α,β-unsaturated/α-hetero) is 2. The Morgan fingerprint density at radius 3 is 2.44 bits per heavy atom. The smallest absolute Gasteiger partial charge is 0.237 e. The third-order valence-corrected chi connectivity index (χ3v) is 7.12. The standard InChI is InChI=1S/C27H18Br2N2O3/c1-30-19(7-3-15-11-17(28)5-9-23(15)30)13-21-25(32)22(27(34)26(21)33)14-20-8-4-16-12-18(29)6-10-24(16)31(20)2/h3-14H,1-2H3/p+1. The van der Waals surface area contributed by atoms with Gasteiger partial charge in [-0.25, -0.2) is 0 Å². The number of ketones is 2. The van der Waals surface area contributed by atoms with Gasteiger partial charge in [0.1, 0.15) is 12.8 Å². The lowest BCUT2D eigenvalue weighted by molar-refractivity contribution is -0.646. The van der Waals surface area contributed by atoms with Crippen molar-refractivity contribution in [1.29, 1.82) is 0 Å². The number of allylic oxidation sites excluding steroid dienone is 4. The molecule has 5 nitrogen and oxygen atoms in total. The van der Waals surface area contributed by atoms with E-state index in [1.807, 2.05) is 84.2 Å². The van der Waals surface area contributed by atoms with E-state index in [1.165, 1.54) is 0 Å². The monoisotopic (exact) mass is 577 g/mol. The summed E-state index contributed by atoms with van der Waals surface area (Å²) in [4.78, 5) is 27.5. The summed E-state index contributed by atoms with van der Waals surface area (Å²) >= 11 is 6.95. The summed E-state index contributed by atoms with van der Waals surface area (Å²) < 4.78 is 3.86. The molecule has 0 saturated carbocycles. The highest BCUT2D eigenvalue weighted by Gasteiger charge is 2.36. The molecule has 0 spiro atoms. The number of aromatic nitrogens is 1. The van der Waals surface area contributed by atoms with Crippen molar-refractivity contribution in [3.05, 3.63) is 103 Å². The lowest BCUT2D eigenvalue weighted by atomic mass is 10.0. The maximum absolute atomic E-state index is 12.8. The predicted octanol–water partition coefficient (Wildman–Crippen LogP) is 5.58. The molecule has 1 aliphatic carbocycles. The minimum atomic E-state index is -0.716. The van der Waals surface area contributed by atoms with E-state index in [0.29, 0.717) is 11.4 Å². The zero-order chi connectivity index (χ0) is 24.1. The third-order valence-electron chi connectivity index (χ3n) is 6.13. The Balaban J connectivity index is 1.56. The fourth-order valence-corrected chi connectivity index (χ4v) is 5.00. The second kappa shape index (κ2) is 8.49. The topological polar surface area (TPSA) is 61.5 Å². The maximum atomic E-state index is 12.8. The van der Waals surface area contributed by atoms with Crippen LogP contribution < -0.4 is 9.47 Å². The number of likely N-dealkylation sites (N-methyl/N-ethyl adjacent to an activating group) is 1. The molecule has 1 N–H and O–H groups in total. The number of rotatable bonds is 2. The molecule has 2 heterocycles. The Kier molecular flexibility index (Phi) is 5.62. The molecule has 0 bridgehead atoms. The van der Waals surface area contributed by atoms with Gasteiger partial charge in [-0.15, -0.1) is 0 Å². The molecule has 0 saturated heterocycles. The largest absolute Gasteiger partial charge is 0.506 e. The van der Waals surface area contributed by atoms with Gasteiger partial charge in [0.15, 0.2) is 0 Å². The number of pyridine rings is 1. The molecule has 1 aliphatic heterocycles. The van der Waals surface area contributed by atoms with E-state index < -0.39 is 11.6 Å². The van der Waals surface area contributed by atoms with Crippen molar-refractivity contribution in [2.24, 2.45) is 7.05 Å². The van der Waals surface area contributed by atoms with Crippen molar-refractivity contribution in [2.45, 2.75) is 0 Å². The first-order valence-corrected chi connectivity index (χ1v) is 12.1. The number of aliphatic hydroxyl groups is 1. The van der Waals surface area contributed by atoms with E-state index in [9.17, 15) is 14.7 Å². The lowest BCUT2D eigenvalue weighted by Crippen LogP contribution is -2.32. The summed E-state index contributed by atoms with van der Waals surface area (Å²) in [6.45, 7) is 0. The normalized spacial score (nSPS) is 18.1. The van der Waals surface area contributed by atoms with Gasteiger partial charge >= 0.3 is 0 Å². The number of hydrogen-bond acceptors (Lipinski definition) is 4. The molecule has 0 fully saturated rings. The summed E-state index contributed by atoms with van der Waals surface area (Å²) in [5, 5.41) is 11.9. The van der Waals surface area contributed by atoms with E-state index in [1.54, 1.807) is 12.2 Å². The summed E-state index contributed by atoms with van der Waals surface area (Å²) in [5.41, 5.74) is 4.32. The minimum absolute atomic E-state index is 0.00400. The fraction of sp³-hybridized carbons (Fsp3) is 0.0741. The molecule has 0 atom stereocenters. The van der Waals surface area contributed by atoms with Crippen molar-refractivity contribution in [3.63, 3.8) is 0 Å². The van der Waals surface area contributed by atoms with Crippen LogP contribution in [0.3, 0.4) is 0 Å². The van der Waals surface area contributed by atoms with E-state index in [2.05, 4.69) is 31.9 Å². The van der Waals surface area contributed by atoms with E-state index in [4.69, 9.17) is 0 Å². The van der Waals surface area contributed by atoms with Crippen LogP contribution in [0.4, 0.5) is 5.69 Å². The third kappa shape index (κ3) is 3.75. The molecule has 5 rings (SSSR count). The number of anilines is 1. The molecule has 2 aromatic carbocycles. The Labute approximate surface area is 213 Å². The van der Waals surface area contributed by atoms with Crippen molar-refractivity contribution < 1.29 is 19.3 Å². The molecular formula is C27H19Br2N2O3+. The van der Waals surface area contributed by atoms with Crippen molar-refractivity contribution in [2.75, 3.05) is 11.9 Å². The molecule has 7 heteroatoms. The molecule has 34 heavy (non-hydrogen) atoms. The fourth-order valence-electron chi connectivity index (χ4n) is 4.24. The van der Waals surface area contributed by atoms with Gasteiger partial charge in [-0.05, 0) is 54.1 Å². The second-order valence-electron chi connectivity index (χ2n) is 8.16. The van der Waals surface area contributed by atoms with E-state index in [0.717, 1.165) is 31.1 Å². The highest BCUT2D eigenvalue weighted by molar-refractivity contribution is 9.10. The van der Waals surface area contributed by atoms with Crippen LogP contribution in [0.25, 0.3) is 23.1 Å². The number of aryl methyl sites for hydroxylation is 1. The van der Waals surface area contributed by atoms with Gasteiger partial charge < -0.3 is 10.0 Å². The van der Waals surface area contributed by atoms with Crippen LogP contribution in [0.1, 0.15) is 11.3 Å². The van der Waals surface area contributed by atoms with E-state index >= 15 is 0 Å². The molecule has 0 unspecified atom stereocenters. The van der Waals surface area contributed by atoms with Gasteiger partial charge in [0.25, 0.3) is 0 Å². The minimum Gasteiger partial charge on any atom is -0.506 e. The van der Waals surface area contributed by atoms with Crippen molar-refractivity contribution >= 4 is 72.2 Å². The first-order valence-electron chi connectivity index (χ1n) is 10.5. The number of halogens is 2. The zero-order valence-corrected chi connectivity index (χ0v) is 21.5. The van der Waals surface area contributed by atoms with Crippen LogP contribution in [0.15, 0.2) is 92.2 Å². The van der Waals surface area contributed by atoms with Crippen LogP contribution in [0.2, 0.25) is 0 Å². The SMILES string of the molecule is CN1/C(=C/C2=C(O)C(=C\c3ccc4cc(Br)ccc4[n+]3C)/C(=O)C2=O)C=Cc2cc(Br)ccc21. The lowest BCUT2D eigenvalue weighted by Gasteiger charge is -2.26. The first kappa shape index (κ1) is 22.5. The maximum Gasteiger partial charge on any atom is 0.237 e. The Bertz CT molecular complexity index is 1550. The van der Waals surface area contributed by atoms with Gasteiger partial charge in [0.2, 0.25) is 22.8 Å². The predicted molar refractivity (Wildman–Crippen MR) is 140 cm³/mol. The van der Waals surface area contributed by atoms with Crippen molar-refractivity contribution in [1.82, 2.24) is 0 Å². The molecule has 0 amide bonds. The van der Waals surface area contributed by atoms with Crippen LogP contribution in [-0.4, -0.2) is 23.7 Å². The molecule has 3 aromatic rings. The highest BCUT2D eigenvalue weighted by atomic mass is 79.9. The molecule has 0 radical (unpaired) electrons. The number of carbonyl (C=O) groups excluding carboxylic acids is 2. The Hall–Kier alpha value is -3.29. The Morgan fingerprint density at radius 2 is 1.65 bits per heavy atom. The first-order chi connectivity index (χ1) is 16.2. The second-order valence-corrected chi connectivity index (χ2v) is 9.99. The molecule has 1 aromatic heterocycles. The molecular weight excluding hydrogens is 560 g/mol. The number of fused-ring (bicyclic) bond motifs is 2. The average molecular weight is 579 g/mol. The van der Waals surface area contributed by atoms with Gasteiger partial charge in [-0.3, -0.25) is 9.59 Å². The quantitative estimate of drug-likeness (QED) is 0.245. The van der Waals surface area contributed by atoms with Gasteiger partial charge in [-0.2, -0.15) is 4.57 Å². The van der Waals surface area contributed by atoms with Crippen LogP contribution in [0.5, 0.6) is 0 Å². The summed E-state index contributed by atoms with van der Waals surface area (Å²) in [6, 6.07) is 15.6. The Morgan fingerprint density at radius 1 is 0.912 bits per heavy atom. The molecule has 168 valence electrons. The average Bonchev–Trinajstić information content (AvgIpc) is 3.00. The van der Waals surface area contributed by atoms with Gasteiger partial charge in [0, 0.05) is 51.0 Å². The summed E-state index contributed by atoms with van der Waals surface area (Å²) in [7, 11) is 3.76. The van der Waals surface area contributed by atoms with Gasteiger partial charge in [0.05, 0.1) is 11.1 Å². The summed E-state index contributed by atoms with van der Waals surface area (Å²) in [6.07, 6.45) is 6.93. The highest BCUT2D eigenvalue weighted by Crippen LogP contribution is 2.34. The molecule has 2 aliphatic rings. The number of benzene rings is 2. The number of aliphatic hydroxyl groups excluding tert-OH is 1. The van der Waals surface area contributed by atoms with Gasteiger partial charge in [-0.1, -0.05) is 37.9 Å². The van der Waals surface area contributed by atoms with E-state index in [-0.39, 0.29) is 16.9 Å². The van der Waals surface area contributed by atoms with Crippen LogP contribution in [-0.2, 0) is 16.6 Å². The van der Waals surface area contributed by atoms with Crippen molar-refractivity contribution in [3.8, 4) is 0 Å². The van der Waals surface area contributed by atoms with Crippen LogP contribution >= 0.6 is 31.9 Å². The number of nitrogens with zero attached hydrogens (tertiary/aromatic N) is 2. The number of carbonyl (C=O) groups is 2. The van der Waals surface area contributed by atoms with Crippen LogP contribution in [0, 0.1) is 0 Å².